The van der Waals surface area contributed by atoms with Gasteiger partial charge in [-0.1, -0.05) is 25.4 Å². The van der Waals surface area contributed by atoms with Crippen molar-refractivity contribution in [3.8, 4) is 0 Å². The van der Waals surface area contributed by atoms with Crippen LogP contribution in [0.15, 0.2) is 18.2 Å². The molecule has 1 N–H and O–H groups in total. The van der Waals surface area contributed by atoms with Crippen LogP contribution < -0.4 is 5.32 Å². The van der Waals surface area contributed by atoms with Crippen molar-refractivity contribution < 1.29 is 4.79 Å². The molecule has 1 heterocycles. The van der Waals surface area contributed by atoms with Crippen LogP contribution in [0.25, 0.3) is 10.9 Å². The Labute approximate surface area is 118 Å². The topological polar surface area (TPSA) is 42.0 Å². The number of halogens is 1. The number of aromatic nitrogens is 1. The fourth-order valence-corrected chi connectivity index (χ4v) is 2.07. The number of fused-ring (bicyclic) bond motifs is 1. The highest BCUT2D eigenvalue weighted by Gasteiger charge is 2.12. The number of hydrogen-bond donors (Lipinski definition) is 1. The Kier molecular flexibility index (Phi) is 3.76. The van der Waals surface area contributed by atoms with E-state index in [9.17, 15) is 4.79 Å². The minimum atomic E-state index is -0.0584. The van der Waals surface area contributed by atoms with E-state index in [-0.39, 0.29) is 11.8 Å². The van der Waals surface area contributed by atoms with Gasteiger partial charge in [-0.2, -0.15) is 0 Å². The molecule has 0 spiro atoms. The van der Waals surface area contributed by atoms with E-state index in [4.69, 9.17) is 11.6 Å². The molecule has 0 aliphatic carbocycles. The largest absolute Gasteiger partial charge is 0.325 e. The number of nitrogens with zero attached hydrogens (tertiary/aromatic N) is 1. The van der Waals surface area contributed by atoms with Crippen LogP contribution >= 0.6 is 11.6 Å². The van der Waals surface area contributed by atoms with Crippen LogP contribution in [0.4, 0.5) is 5.69 Å². The summed E-state index contributed by atoms with van der Waals surface area (Å²) in [7, 11) is 0. The number of amides is 1. The molecule has 0 fully saturated rings. The van der Waals surface area contributed by atoms with Gasteiger partial charge in [0.2, 0.25) is 5.91 Å². The van der Waals surface area contributed by atoms with Crippen LogP contribution in [0.5, 0.6) is 0 Å². The maximum absolute atomic E-state index is 11.9. The smallest absolute Gasteiger partial charge is 0.226 e. The van der Waals surface area contributed by atoms with E-state index in [1.165, 1.54) is 0 Å². The Morgan fingerprint density at radius 1 is 1.32 bits per heavy atom. The minimum Gasteiger partial charge on any atom is -0.325 e. The monoisotopic (exact) mass is 276 g/mol. The Morgan fingerprint density at radius 3 is 2.63 bits per heavy atom. The van der Waals surface area contributed by atoms with Crippen molar-refractivity contribution in [2.24, 2.45) is 5.92 Å². The number of pyridine rings is 1. The zero-order chi connectivity index (χ0) is 14.2. The highest BCUT2D eigenvalue weighted by atomic mass is 35.5. The molecule has 19 heavy (non-hydrogen) atoms. The Bertz CT molecular complexity index is 650. The van der Waals surface area contributed by atoms with E-state index in [2.05, 4.69) is 10.3 Å². The van der Waals surface area contributed by atoms with E-state index < -0.39 is 0 Å². The lowest BCUT2D eigenvalue weighted by molar-refractivity contribution is -0.118. The van der Waals surface area contributed by atoms with Gasteiger partial charge in [-0.3, -0.25) is 9.78 Å². The van der Waals surface area contributed by atoms with Crippen molar-refractivity contribution in [2.45, 2.75) is 27.7 Å². The van der Waals surface area contributed by atoms with E-state index in [1.807, 2.05) is 45.9 Å². The normalized spacial score (nSPS) is 11.1. The third-order valence-electron chi connectivity index (χ3n) is 3.08. The van der Waals surface area contributed by atoms with Crippen LogP contribution in [0.3, 0.4) is 0 Å². The van der Waals surface area contributed by atoms with Crippen molar-refractivity contribution in [2.75, 3.05) is 5.32 Å². The van der Waals surface area contributed by atoms with E-state index in [1.54, 1.807) is 0 Å². The Hall–Kier alpha value is -1.61. The Balaban J connectivity index is 2.61. The summed E-state index contributed by atoms with van der Waals surface area (Å²) >= 11 is 6.12. The summed E-state index contributed by atoms with van der Waals surface area (Å²) in [4.78, 5) is 16.4. The number of anilines is 1. The molecule has 1 amide bonds. The molecule has 0 radical (unpaired) electrons. The quantitative estimate of drug-likeness (QED) is 0.897. The molecule has 0 saturated heterocycles. The molecule has 100 valence electrons. The van der Waals surface area contributed by atoms with Crippen molar-refractivity contribution in [3.05, 3.63) is 34.5 Å². The predicted molar refractivity (Wildman–Crippen MR) is 79.7 cm³/mol. The predicted octanol–water partition coefficient (Wildman–Crippen LogP) is 4.10. The van der Waals surface area contributed by atoms with Crippen molar-refractivity contribution >= 4 is 34.1 Å². The Morgan fingerprint density at radius 2 is 2.00 bits per heavy atom. The van der Waals surface area contributed by atoms with Crippen LogP contribution in [-0.2, 0) is 4.79 Å². The summed E-state index contributed by atoms with van der Waals surface area (Å²) in [5.74, 6) is -0.0589. The first-order chi connectivity index (χ1) is 8.90. The van der Waals surface area contributed by atoms with Gasteiger partial charge in [0.15, 0.2) is 0 Å². The molecule has 0 unspecified atom stereocenters. The van der Waals surface area contributed by atoms with Gasteiger partial charge in [0.25, 0.3) is 0 Å². The lowest BCUT2D eigenvalue weighted by atomic mass is 10.1. The maximum Gasteiger partial charge on any atom is 0.226 e. The summed E-state index contributed by atoms with van der Waals surface area (Å²) in [6.45, 7) is 7.58. The van der Waals surface area contributed by atoms with Gasteiger partial charge in [0.1, 0.15) is 0 Å². The third kappa shape index (κ3) is 2.71. The minimum absolute atomic E-state index is 0.000460. The average molecular weight is 277 g/mol. The van der Waals surface area contributed by atoms with Gasteiger partial charge < -0.3 is 5.32 Å². The molecule has 2 rings (SSSR count). The first kappa shape index (κ1) is 13.8. The second-order valence-electron chi connectivity index (χ2n) is 5.02. The second kappa shape index (κ2) is 5.17. The van der Waals surface area contributed by atoms with Crippen molar-refractivity contribution in [3.63, 3.8) is 0 Å². The van der Waals surface area contributed by atoms with Gasteiger partial charge >= 0.3 is 0 Å². The number of aryl methyl sites for hydroxylation is 2. The van der Waals surface area contributed by atoms with Gasteiger partial charge in [-0.25, -0.2) is 0 Å². The van der Waals surface area contributed by atoms with Gasteiger partial charge in [0, 0.05) is 22.0 Å². The molecule has 0 bridgehead atoms. The molecule has 0 aliphatic heterocycles. The zero-order valence-electron chi connectivity index (χ0n) is 11.5. The molecular weight excluding hydrogens is 260 g/mol. The van der Waals surface area contributed by atoms with E-state index in [0.29, 0.717) is 5.02 Å². The number of hydrogen-bond acceptors (Lipinski definition) is 2. The third-order valence-corrected chi connectivity index (χ3v) is 3.49. The highest BCUT2D eigenvalue weighted by molar-refractivity contribution is 6.32. The van der Waals surface area contributed by atoms with Crippen molar-refractivity contribution in [1.82, 2.24) is 4.98 Å². The molecule has 0 atom stereocenters. The molecule has 2 aromatic rings. The van der Waals surface area contributed by atoms with Crippen molar-refractivity contribution in [1.29, 1.82) is 0 Å². The second-order valence-corrected chi connectivity index (χ2v) is 5.43. The SMILES string of the molecule is Cc1cc(NC(=O)C(C)C)c2ccc(Cl)c(C)c2n1. The molecule has 1 aromatic carbocycles. The summed E-state index contributed by atoms with van der Waals surface area (Å²) in [6.07, 6.45) is 0. The molecule has 1 aromatic heterocycles. The molecular formula is C15H17ClN2O. The molecule has 4 heteroatoms. The molecule has 0 aliphatic rings. The molecule has 0 saturated carbocycles. The number of nitrogens with one attached hydrogen (secondary N) is 1. The van der Waals surface area contributed by atoms with Crippen LogP contribution in [-0.4, -0.2) is 10.9 Å². The van der Waals surface area contributed by atoms with E-state index >= 15 is 0 Å². The standard InChI is InChI=1S/C15H17ClN2O/c1-8(2)15(19)18-13-7-9(3)17-14-10(4)12(16)6-5-11(13)14/h5-8H,1-4H3,(H,17,18,19). The molecule has 3 nitrogen and oxygen atoms in total. The maximum atomic E-state index is 11.9. The van der Waals surface area contributed by atoms with Gasteiger partial charge in [-0.15, -0.1) is 0 Å². The summed E-state index contributed by atoms with van der Waals surface area (Å²) in [6, 6.07) is 5.62. The summed E-state index contributed by atoms with van der Waals surface area (Å²) < 4.78 is 0. The highest BCUT2D eigenvalue weighted by Crippen LogP contribution is 2.29. The lowest BCUT2D eigenvalue weighted by Gasteiger charge is -2.13. The number of rotatable bonds is 2. The summed E-state index contributed by atoms with van der Waals surface area (Å²) in [5, 5.41) is 4.55. The average Bonchev–Trinajstić information content (AvgIpc) is 2.34. The van der Waals surface area contributed by atoms with E-state index in [0.717, 1.165) is 27.8 Å². The zero-order valence-corrected chi connectivity index (χ0v) is 12.3. The van der Waals surface area contributed by atoms with Crippen LogP contribution in [0.1, 0.15) is 25.1 Å². The first-order valence-corrected chi connectivity index (χ1v) is 6.65. The lowest BCUT2D eigenvalue weighted by Crippen LogP contribution is -2.18. The number of carbonyl (C=O) groups excluding carboxylic acids is 1. The van der Waals surface area contributed by atoms with Gasteiger partial charge in [0.05, 0.1) is 11.2 Å². The summed E-state index contributed by atoms with van der Waals surface area (Å²) in [5.41, 5.74) is 3.42. The fraction of sp³-hybridized carbons (Fsp3) is 0.333. The number of benzene rings is 1. The fourth-order valence-electron chi connectivity index (χ4n) is 1.91. The number of carbonyl (C=O) groups is 1. The van der Waals surface area contributed by atoms with Crippen LogP contribution in [0, 0.1) is 19.8 Å². The van der Waals surface area contributed by atoms with Crippen LogP contribution in [0.2, 0.25) is 5.02 Å². The first-order valence-electron chi connectivity index (χ1n) is 6.27. The van der Waals surface area contributed by atoms with Gasteiger partial charge in [-0.05, 0) is 37.6 Å².